The molecular weight excluding hydrogens is 500 g/mol. The van der Waals surface area contributed by atoms with Gasteiger partial charge in [0.2, 0.25) is 0 Å². The van der Waals surface area contributed by atoms with Crippen molar-refractivity contribution in [1.29, 1.82) is 0 Å². The third-order valence-electron chi connectivity index (χ3n) is 9.41. The van der Waals surface area contributed by atoms with E-state index >= 15 is 0 Å². The van der Waals surface area contributed by atoms with Gasteiger partial charge in [0.1, 0.15) is 17.4 Å². The summed E-state index contributed by atoms with van der Waals surface area (Å²) in [6, 6.07) is 2.29. The van der Waals surface area contributed by atoms with Crippen molar-refractivity contribution < 1.29 is 34.4 Å². The first-order chi connectivity index (χ1) is 18.3. The summed E-state index contributed by atoms with van der Waals surface area (Å²) in [7, 11) is 0. The summed E-state index contributed by atoms with van der Waals surface area (Å²) in [6.07, 6.45) is 2.37. The van der Waals surface area contributed by atoms with Crippen molar-refractivity contribution in [2.45, 2.75) is 102 Å². The number of ether oxygens (including phenoxy) is 2. The van der Waals surface area contributed by atoms with Crippen molar-refractivity contribution >= 4 is 11.9 Å². The zero-order chi connectivity index (χ0) is 28.1. The van der Waals surface area contributed by atoms with Crippen LogP contribution in [0.5, 0.6) is 11.5 Å². The number of benzene rings is 1. The number of nitrogens with zero attached hydrogens (tertiary/aromatic N) is 1. The minimum absolute atomic E-state index is 0.0151. The highest BCUT2D eigenvalue weighted by Gasteiger charge is 2.73. The first-order valence-electron chi connectivity index (χ1n) is 14.2. The molecule has 1 saturated heterocycles. The molecule has 6 rings (SSSR count). The number of aliphatic hydroxyl groups is 2. The summed E-state index contributed by atoms with van der Waals surface area (Å²) in [5, 5.41) is 37.8. The number of phenols is 1. The van der Waals surface area contributed by atoms with E-state index < -0.39 is 40.6 Å². The first-order valence-corrected chi connectivity index (χ1v) is 14.2. The van der Waals surface area contributed by atoms with Crippen LogP contribution in [-0.4, -0.2) is 74.6 Å². The summed E-state index contributed by atoms with van der Waals surface area (Å²) in [6.45, 7) is 10.6. The zero-order valence-corrected chi connectivity index (χ0v) is 23.4. The second kappa shape index (κ2) is 8.61. The molecule has 1 aromatic carbocycles. The molecule has 2 fully saturated rings. The van der Waals surface area contributed by atoms with Crippen molar-refractivity contribution in [3.63, 3.8) is 0 Å². The molecule has 2 bridgehead atoms. The molecule has 0 unspecified atom stereocenters. The minimum Gasteiger partial charge on any atom is -0.508 e. The molecule has 0 radical (unpaired) electrons. The largest absolute Gasteiger partial charge is 0.508 e. The quantitative estimate of drug-likeness (QED) is 0.406. The number of hydrogen-bond donors (Lipinski definition) is 4. The maximum atomic E-state index is 13.8. The van der Waals surface area contributed by atoms with Crippen molar-refractivity contribution in [1.82, 2.24) is 10.2 Å². The lowest BCUT2D eigenvalue weighted by atomic mass is 9.49. The summed E-state index contributed by atoms with van der Waals surface area (Å²) in [5.41, 5.74) is -1.33. The molecule has 1 spiro atoms. The average Bonchev–Trinajstić information content (AvgIpc) is 3.58. The number of hydrogen-bond acceptors (Lipinski definition) is 8. The molecule has 9 heteroatoms. The number of phenolic OH excluding ortho intramolecular Hbond substituents is 1. The average molecular weight is 541 g/mol. The number of carbonyl (C=O) groups is 2. The van der Waals surface area contributed by atoms with Crippen LogP contribution in [0.3, 0.4) is 0 Å². The highest BCUT2D eigenvalue weighted by atomic mass is 16.6. The van der Waals surface area contributed by atoms with E-state index in [0.29, 0.717) is 18.8 Å². The lowest BCUT2D eigenvalue weighted by molar-refractivity contribution is -0.173. The number of likely N-dealkylation sites (tertiary alicyclic amines) is 1. The second-order valence-corrected chi connectivity index (χ2v) is 13.5. The molecule has 4 N–H and O–H groups in total. The predicted octanol–water partition coefficient (Wildman–Crippen LogP) is 2.86. The minimum atomic E-state index is -1.41. The molecule has 212 valence electrons. The van der Waals surface area contributed by atoms with Crippen LogP contribution in [0.2, 0.25) is 0 Å². The van der Waals surface area contributed by atoms with Gasteiger partial charge in [-0.1, -0.05) is 19.9 Å². The summed E-state index contributed by atoms with van der Waals surface area (Å²) in [5.74, 6) is -0.830. The van der Waals surface area contributed by atoms with Gasteiger partial charge in [0.05, 0.1) is 16.6 Å². The normalized spacial score (nSPS) is 32.0. The molecule has 2 heterocycles. The topological polar surface area (TPSA) is 129 Å². The fraction of sp³-hybridized carbons (Fsp3) is 0.667. The fourth-order valence-corrected chi connectivity index (χ4v) is 7.46. The van der Waals surface area contributed by atoms with Crippen LogP contribution in [-0.2, 0) is 26.2 Å². The number of rotatable bonds is 6. The molecule has 5 aliphatic rings. The molecule has 2 aliphatic heterocycles. The molecular formula is C30H40N2O7. The maximum absolute atomic E-state index is 13.8. The van der Waals surface area contributed by atoms with Gasteiger partial charge in [0, 0.05) is 24.6 Å². The molecule has 1 amide bonds. The van der Waals surface area contributed by atoms with Gasteiger partial charge < -0.3 is 30.1 Å². The molecule has 39 heavy (non-hydrogen) atoms. The van der Waals surface area contributed by atoms with Gasteiger partial charge in [-0.2, -0.15) is 0 Å². The SMILES string of the molecule is CC(C)[C@@H](NC(=O)C1=C(O)[C@@H]2Oc3c(O)ccc4c3[C@@]23CCN(CC2CC2)[C@H](C4)[C@]3(O)C1)C(=O)OC(C)(C)C. The third-order valence-corrected chi connectivity index (χ3v) is 9.41. The van der Waals surface area contributed by atoms with E-state index in [4.69, 9.17) is 9.47 Å². The summed E-state index contributed by atoms with van der Waals surface area (Å²) >= 11 is 0. The Balaban J connectivity index is 1.40. The maximum Gasteiger partial charge on any atom is 0.329 e. The van der Waals surface area contributed by atoms with E-state index in [1.165, 1.54) is 12.8 Å². The van der Waals surface area contributed by atoms with Gasteiger partial charge in [-0.15, -0.1) is 0 Å². The Morgan fingerprint density at radius 1 is 1.23 bits per heavy atom. The predicted molar refractivity (Wildman–Crippen MR) is 142 cm³/mol. The van der Waals surface area contributed by atoms with Crippen LogP contribution in [0.4, 0.5) is 0 Å². The zero-order valence-electron chi connectivity index (χ0n) is 23.4. The summed E-state index contributed by atoms with van der Waals surface area (Å²) < 4.78 is 11.8. The van der Waals surface area contributed by atoms with E-state index in [0.717, 1.165) is 24.2 Å². The molecule has 3 aliphatic carbocycles. The van der Waals surface area contributed by atoms with Crippen molar-refractivity contribution in [3.8, 4) is 11.5 Å². The Bertz CT molecular complexity index is 1260. The first kappa shape index (κ1) is 26.4. The Morgan fingerprint density at radius 2 is 1.95 bits per heavy atom. The van der Waals surface area contributed by atoms with E-state index in [1.54, 1.807) is 26.8 Å². The lowest BCUT2D eigenvalue weighted by Gasteiger charge is -2.62. The van der Waals surface area contributed by atoms with E-state index in [-0.39, 0.29) is 41.2 Å². The number of amides is 1. The third kappa shape index (κ3) is 3.87. The molecule has 5 atom stereocenters. The van der Waals surface area contributed by atoms with Gasteiger partial charge in [-0.3, -0.25) is 9.69 Å². The second-order valence-electron chi connectivity index (χ2n) is 13.5. The molecule has 1 saturated carbocycles. The molecule has 1 aromatic rings. The van der Waals surface area contributed by atoms with Crippen LogP contribution in [0.15, 0.2) is 23.5 Å². The van der Waals surface area contributed by atoms with Crippen LogP contribution in [0.1, 0.15) is 71.4 Å². The molecule has 0 aromatic heterocycles. The number of aliphatic hydroxyl groups excluding tert-OH is 1. The smallest absolute Gasteiger partial charge is 0.329 e. The van der Waals surface area contributed by atoms with Crippen molar-refractivity contribution in [2.75, 3.05) is 13.1 Å². The highest BCUT2D eigenvalue weighted by Crippen LogP contribution is 2.66. The van der Waals surface area contributed by atoms with Crippen LogP contribution < -0.4 is 10.1 Å². The lowest BCUT2D eigenvalue weighted by Crippen LogP contribution is -2.76. The number of carbonyl (C=O) groups excluding carboxylic acids is 2. The van der Waals surface area contributed by atoms with Gasteiger partial charge >= 0.3 is 5.97 Å². The van der Waals surface area contributed by atoms with E-state index in [1.807, 2.05) is 19.9 Å². The van der Waals surface area contributed by atoms with Crippen LogP contribution in [0, 0.1) is 11.8 Å². The number of esters is 1. The number of aromatic hydroxyl groups is 1. The molecule has 9 nitrogen and oxygen atoms in total. The Hall–Kier alpha value is -2.78. The standard InChI is InChI=1S/C30H40N2O7/c1-15(2)22(27(36)39-28(3,4)5)31-26(35)18-13-30(37)20-12-17-8-9-19(33)24-21(17)29(30,25(38-24)23(18)34)10-11-32(20)14-16-6-7-16/h8-9,15-16,20,22,25,33-34,37H,6-7,10-14H2,1-5H3,(H,31,35)/t20-,22-,25+,29+,30-/m1/s1. The summed E-state index contributed by atoms with van der Waals surface area (Å²) in [4.78, 5) is 29.1. The van der Waals surface area contributed by atoms with Gasteiger partial charge in [0.15, 0.2) is 17.6 Å². The Morgan fingerprint density at radius 3 is 2.59 bits per heavy atom. The number of piperidine rings is 1. The van der Waals surface area contributed by atoms with Crippen molar-refractivity contribution in [3.05, 3.63) is 34.6 Å². The van der Waals surface area contributed by atoms with Crippen molar-refractivity contribution in [2.24, 2.45) is 11.8 Å². The van der Waals surface area contributed by atoms with Crippen LogP contribution >= 0.6 is 0 Å². The van der Waals surface area contributed by atoms with Gasteiger partial charge in [0.25, 0.3) is 5.91 Å². The van der Waals surface area contributed by atoms with Gasteiger partial charge in [-0.05, 0) is 76.5 Å². The van der Waals surface area contributed by atoms with Crippen LogP contribution in [0.25, 0.3) is 0 Å². The fourth-order valence-electron chi connectivity index (χ4n) is 7.46. The van der Waals surface area contributed by atoms with Gasteiger partial charge in [-0.25, -0.2) is 4.79 Å². The Labute approximate surface area is 229 Å². The monoisotopic (exact) mass is 540 g/mol. The highest BCUT2D eigenvalue weighted by molar-refractivity contribution is 5.97. The van der Waals surface area contributed by atoms with E-state index in [9.17, 15) is 24.9 Å². The Kier molecular flexibility index (Phi) is 5.84. The number of nitrogens with one attached hydrogen (secondary N) is 1. The van der Waals surface area contributed by atoms with E-state index in [2.05, 4.69) is 10.2 Å².